The molecule has 3 rings (SSSR count). The molecular weight excluding hydrogens is 540 g/mol. The number of carbonyl (C=O) groups is 4. The fourth-order valence-corrected chi connectivity index (χ4v) is 5.48. The van der Waals surface area contributed by atoms with Gasteiger partial charge >= 0.3 is 17.7 Å². The quantitative estimate of drug-likeness (QED) is 0.269. The van der Waals surface area contributed by atoms with Gasteiger partial charge in [0.05, 0.1) is 0 Å². The summed E-state index contributed by atoms with van der Waals surface area (Å²) in [6, 6.07) is 3.15. The Morgan fingerprint density at radius 1 is 1.07 bits per heavy atom. The van der Waals surface area contributed by atoms with Crippen molar-refractivity contribution in [1.82, 2.24) is 25.5 Å². The average molecular weight is 583 g/mol. The minimum atomic E-state index is -1.44. The standard InChI is InChI=1S/C30H42N6O6/c1-17(2)16-36-12-10-30(11-13-36,24(37)18(3)4)35-29(42)32-22(27(39)40)14-21-15-31-28(41)34-25(21)33-26(38)23-19(5)8-7-9-20(23)6/h7-9,15,17-18,22H,10-14,16H2,1-6H3,(H,39,40)(H2,32,35,42)(H2,31,33,34,38,41). The molecule has 12 nitrogen and oxygen atoms in total. The minimum absolute atomic E-state index is 0.102. The number of urea groups is 1. The molecule has 1 unspecified atom stereocenters. The highest BCUT2D eigenvalue weighted by Crippen LogP contribution is 2.27. The zero-order valence-corrected chi connectivity index (χ0v) is 25.2. The number of amides is 3. The highest BCUT2D eigenvalue weighted by Gasteiger charge is 2.43. The first-order chi connectivity index (χ1) is 19.7. The molecule has 0 radical (unpaired) electrons. The molecule has 1 fully saturated rings. The zero-order valence-electron chi connectivity index (χ0n) is 25.2. The number of likely N-dealkylation sites (tertiary alicyclic amines) is 1. The first-order valence-corrected chi connectivity index (χ1v) is 14.3. The fourth-order valence-electron chi connectivity index (χ4n) is 5.48. The van der Waals surface area contributed by atoms with Gasteiger partial charge in [-0.2, -0.15) is 4.98 Å². The summed E-state index contributed by atoms with van der Waals surface area (Å²) in [7, 11) is 0. The van der Waals surface area contributed by atoms with Crippen LogP contribution in [0.5, 0.6) is 0 Å². The predicted molar refractivity (Wildman–Crippen MR) is 159 cm³/mol. The molecule has 42 heavy (non-hydrogen) atoms. The number of nitrogens with zero attached hydrogens (tertiary/aromatic N) is 2. The number of aliphatic carboxylic acids is 1. The van der Waals surface area contributed by atoms with Crippen LogP contribution in [0.4, 0.5) is 10.6 Å². The Labute approximate surface area is 245 Å². The summed E-state index contributed by atoms with van der Waals surface area (Å²) in [5, 5.41) is 17.9. The van der Waals surface area contributed by atoms with E-state index in [4.69, 9.17) is 0 Å². The number of carbonyl (C=O) groups excluding carboxylic acids is 3. The van der Waals surface area contributed by atoms with Gasteiger partial charge in [0.25, 0.3) is 5.91 Å². The van der Waals surface area contributed by atoms with Crippen molar-refractivity contribution in [2.24, 2.45) is 11.8 Å². The van der Waals surface area contributed by atoms with E-state index in [1.54, 1.807) is 39.8 Å². The van der Waals surface area contributed by atoms with Crippen LogP contribution in [0.25, 0.3) is 0 Å². The SMILES string of the molecule is Cc1cccc(C)c1C(=O)Nc1nc(=O)[nH]cc1CC(NC(=O)NC1(C(=O)C(C)C)CCN(CC(C)C)CC1)C(=O)O. The number of piperidine rings is 1. The number of Topliss-reactive ketones (excluding diaryl/α,β-unsaturated/α-hetero) is 1. The molecule has 1 aromatic carbocycles. The van der Waals surface area contributed by atoms with Crippen LogP contribution in [0, 0.1) is 25.7 Å². The lowest BCUT2D eigenvalue weighted by Gasteiger charge is -2.42. The Morgan fingerprint density at radius 2 is 1.69 bits per heavy atom. The summed E-state index contributed by atoms with van der Waals surface area (Å²) in [6.45, 7) is 13.5. The molecule has 1 atom stereocenters. The van der Waals surface area contributed by atoms with Crippen LogP contribution in [0.3, 0.4) is 0 Å². The second kappa shape index (κ2) is 13.7. The first-order valence-electron chi connectivity index (χ1n) is 14.3. The van der Waals surface area contributed by atoms with Crippen molar-refractivity contribution in [3.8, 4) is 0 Å². The van der Waals surface area contributed by atoms with Crippen LogP contribution >= 0.6 is 0 Å². The molecule has 1 saturated heterocycles. The number of carboxylic acid groups (broad SMARTS) is 1. The molecule has 1 aromatic heterocycles. The summed E-state index contributed by atoms with van der Waals surface area (Å²) in [5.41, 5.74) is 0.222. The Hall–Kier alpha value is -4.06. The number of hydrogen-bond donors (Lipinski definition) is 5. The molecule has 5 N–H and O–H groups in total. The van der Waals surface area contributed by atoms with Gasteiger partial charge in [-0.3, -0.25) is 9.59 Å². The van der Waals surface area contributed by atoms with Crippen LogP contribution in [0.2, 0.25) is 0 Å². The van der Waals surface area contributed by atoms with E-state index in [1.165, 1.54) is 6.20 Å². The molecule has 2 aromatic rings. The molecule has 0 spiro atoms. The molecule has 2 heterocycles. The number of aromatic amines is 1. The Kier molecular flexibility index (Phi) is 10.6. The third-order valence-electron chi connectivity index (χ3n) is 7.54. The van der Waals surface area contributed by atoms with E-state index in [0.717, 1.165) is 17.7 Å². The molecule has 0 bridgehead atoms. The highest BCUT2D eigenvalue weighted by molar-refractivity contribution is 6.06. The Morgan fingerprint density at radius 3 is 2.24 bits per heavy atom. The van der Waals surface area contributed by atoms with Gasteiger partial charge in [-0.05, 0) is 43.7 Å². The molecule has 3 amide bonds. The number of ketones is 1. The van der Waals surface area contributed by atoms with Crippen molar-refractivity contribution in [3.63, 3.8) is 0 Å². The Bertz CT molecular complexity index is 1360. The molecule has 12 heteroatoms. The van der Waals surface area contributed by atoms with Crippen LogP contribution < -0.4 is 21.6 Å². The average Bonchev–Trinajstić information content (AvgIpc) is 2.90. The van der Waals surface area contributed by atoms with E-state index in [1.807, 2.05) is 6.07 Å². The van der Waals surface area contributed by atoms with Crippen LogP contribution in [-0.4, -0.2) is 74.9 Å². The van der Waals surface area contributed by atoms with Gasteiger partial charge in [-0.15, -0.1) is 0 Å². The van der Waals surface area contributed by atoms with E-state index in [2.05, 4.69) is 44.7 Å². The van der Waals surface area contributed by atoms with Gasteiger partial charge < -0.3 is 30.9 Å². The number of H-pyrrole nitrogens is 1. The molecule has 228 valence electrons. The van der Waals surface area contributed by atoms with E-state index in [9.17, 15) is 29.1 Å². The topological polar surface area (TPSA) is 174 Å². The van der Waals surface area contributed by atoms with Gasteiger partial charge in [0, 0.05) is 49.3 Å². The second-order valence-corrected chi connectivity index (χ2v) is 11.8. The minimum Gasteiger partial charge on any atom is -0.480 e. The summed E-state index contributed by atoms with van der Waals surface area (Å²) < 4.78 is 0. The number of aromatic nitrogens is 2. The maximum atomic E-state index is 13.3. The van der Waals surface area contributed by atoms with Crippen LogP contribution in [0.15, 0.2) is 29.2 Å². The van der Waals surface area contributed by atoms with Gasteiger partial charge in [0.1, 0.15) is 17.4 Å². The van der Waals surface area contributed by atoms with Crippen molar-refractivity contribution in [3.05, 3.63) is 57.1 Å². The maximum absolute atomic E-state index is 13.3. The number of rotatable bonds is 11. The predicted octanol–water partition coefficient (Wildman–Crippen LogP) is 2.65. The monoisotopic (exact) mass is 582 g/mol. The lowest BCUT2D eigenvalue weighted by Crippen LogP contribution is -2.64. The molecule has 1 aliphatic rings. The number of aryl methyl sites for hydroxylation is 2. The van der Waals surface area contributed by atoms with E-state index < -0.39 is 35.2 Å². The van der Waals surface area contributed by atoms with Crippen molar-refractivity contribution in [2.45, 2.75) is 72.4 Å². The lowest BCUT2D eigenvalue weighted by molar-refractivity contribution is -0.139. The van der Waals surface area contributed by atoms with Crippen molar-refractivity contribution in [2.75, 3.05) is 25.0 Å². The number of benzene rings is 1. The number of hydrogen-bond acceptors (Lipinski definition) is 7. The summed E-state index contributed by atoms with van der Waals surface area (Å²) in [5.74, 6) is -1.91. The van der Waals surface area contributed by atoms with E-state index in [0.29, 0.717) is 37.4 Å². The third-order valence-corrected chi connectivity index (χ3v) is 7.54. The van der Waals surface area contributed by atoms with Crippen molar-refractivity contribution >= 4 is 29.5 Å². The zero-order chi connectivity index (χ0) is 31.2. The van der Waals surface area contributed by atoms with Gasteiger partial charge in [0.15, 0.2) is 5.78 Å². The van der Waals surface area contributed by atoms with Gasteiger partial charge in [0.2, 0.25) is 0 Å². The second-order valence-electron chi connectivity index (χ2n) is 11.8. The molecule has 0 aliphatic carbocycles. The molecule has 0 saturated carbocycles. The smallest absolute Gasteiger partial charge is 0.346 e. The fraction of sp³-hybridized carbons (Fsp3) is 0.533. The largest absolute Gasteiger partial charge is 0.480 e. The number of anilines is 1. The number of nitrogens with one attached hydrogen (secondary N) is 4. The third kappa shape index (κ3) is 8.03. The van der Waals surface area contributed by atoms with Crippen LogP contribution in [0.1, 0.15) is 67.6 Å². The van der Waals surface area contributed by atoms with Crippen LogP contribution in [-0.2, 0) is 16.0 Å². The lowest BCUT2D eigenvalue weighted by atomic mass is 9.79. The van der Waals surface area contributed by atoms with Gasteiger partial charge in [-0.25, -0.2) is 14.4 Å². The Balaban J connectivity index is 1.79. The molecular formula is C30H42N6O6. The normalized spacial score (nSPS) is 15.7. The van der Waals surface area contributed by atoms with Crippen molar-refractivity contribution in [1.29, 1.82) is 0 Å². The van der Waals surface area contributed by atoms with Crippen molar-refractivity contribution < 1.29 is 24.3 Å². The first kappa shape index (κ1) is 32.5. The van der Waals surface area contributed by atoms with Gasteiger partial charge in [-0.1, -0.05) is 45.9 Å². The van der Waals surface area contributed by atoms with E-state index in [-0.39, 0.29) is 29.5 Å². The summed E-state index contributed by atoms with van der Waals surface area (Å²) >= 11 is 0. The number of carboxylic acids is 1. The summed E-state index contributed by atoms with van der Waals surface area (Å²) in [4.78, 5) is 72.3. The van der Waals surface area contributed by atoms with E-state index >= 15 is 0 Å². The highest BCUT2D eigenvalue weighted by atomic mass is 16.4. The maximum Gasteiger partial charge on any atom is 0.346 e. The molecule has 1 aliphatic heterocycles. The summed E-state index contributed by atoms with van der Waals surface area (Å²) in [6.07, 6.45) is 1.81.